The summed E-state index contributed by atoms with van der Waals surface area (Å²) in [6.45, 7) is 6.55. The van der Waals surface area contributed by atoms with Gasteiger partial charge in [0.25, 0.3) is 0 Å². The first kappa shape index (κ1) is 14.6. The molecule has 1 aromatic carbocycles. The van der Waals surface area contributed by atoms with Crippen LogP contribution in [0.1, 0.15) is 11.3 Å². The van der Waals surface area contributed by atoms with E-state index in [1.54, 1.807) is 0 Å². The van der Waals surface area contributed by atoms with Crippen LogP contribution >= 0.6 is 11.6 Å². The van der Waals surface area contributed by atoms with Crippen molar-refractivity contribution in [2.75, 3.05) is 26.2 Å². The summed E-state index contributed by atoms with van der Waals surface area (Å²) >= 11 is 6.05. The van der Waals surface area contributed by atoms with Crippen molar-refractivity contribution in [1.29, 1.82) is 0 Å². The van der Waals surface area contributed by atoms with Crippen LogP contribution in [0, 0.1) is 0 Å². The lowest BCUT2D eigenvalue weighted by molar-refractivity contribution is 0.120. The van der Waals surface area contributed by atoms with Gasteiger partial charge in [0.05, 0.1) is 0 Å². The lowest BCUT2D eigenvalue weighted by Gasteiger charge is -2.34. The molecule has 1 saturated heterocycles. The molecule has 0 saturated carbocycles. The molecule has 0 spiro atoms. The molecule has 2 aromatic rings. The molecule has 1 aliphatic rings. The van der Waals surface area contributed by atoms with E-state index >= 15 is 0 Å². The summed E-state index contributed by atoms with van der Waals surface area (Å²) < 4.78 is 2.21. The van der Waals surface area contributed by atoms with Gasteiger partial charge in [-0.25, -0.2) is 0 Å². The number of hydrogen-bond acceptors (Lipinski definition) is 2. The van der Waals surface area contributed by atoms with Gasteiger partial charge in [0.1, 0.15) is 0 Å². The van der Waals surface area contributed by atoms with Crippen molar-refractivity contribution in [2.45, 2.75) is 13.1 Å². The van der Waals surface area contributed by atoms with E-state index in [4.69, 9.17) is 11.6 Å². The van der Waals surface area contributed by atoms with Crippen molar-refractivity contribution in [2.24, 2.45) is 7.05 Å². The Morgan fingerprint density at radius 2 is 1.67 bits per heavy atom. The summed E-state index contributed by atoms with van der Waals surface area (Å²) in [6, 6.07) is 12.5. The molecule has 4 heteroatoms. The zero-order valence-electron chi connectivity index (χ0n) is 12.5. The normalized spacial score (nSPS) is 17.2. The predicted molar refractivity (Wildman–Crippen MR) is 87.4 cm³/mol. The Kier molecular flexibility index (Phi) is 4.63. The second-order valence-electron chi connectivity index (χ2n) is 5.79. The minimum atomic E-state index is 0.829. The van der Waals surface area contributed by atoms with Crippen LogP contribution in [-0.2, 0) is 20.1 Å². The first-order chi connectivity index (χ1) is 10.2. The molecule has 21 heavy (non-hydrogen) atoms. The minimum absolute atomic E-state index is 0.829. The largest absolute Gasteiger partial charge is 0.353 e. The van der Waals surface area contributed by atoms with Crippen molar-refractivity contribution in [1.82, 2.24) is 14.4 Å². The van der Waals surface area contributed by atoms with Gasteiger partial charge in [0.2, 0.25) is 0 Å². The highest BCUT2D eigenvalue weighted by molar-refractivity contribution is 6.30. The van der Waals surface area contributed by atoms with Crippen LogP contribution in [0.15, 0.2) is 42.6 Å². The minimum Gasteiger partial charge on any atom is -0.353 e. The summed E-state index contributed by atoms with van der Waals surface area (Å²) in [5, 5.41) is 0.829. The van der Waals surface area contributed by atoms with Crippen LogP contribution in [-0.4, -0.2) is 40.5 Å². The van der Waals surface area contributed by atoms with E-state index < -0.39 is 0 Å². The second-order valence-corrected chi connectivity index (χ2v) is 6.23. The van der Waals surface area contributed by atoms with Gasteiger partial charge in [-0.3, -0.25) is 9.80 Å². The quantitative estimate of drug-likeness (QED) is 0.860. The number of benzene rings is 1. The Morgan fingerprint density at radius 1 is 0.952 bits per heavy atom. The van der Waals surface area contributed by atoms with Gasteiger partial charge in [-0.2, -0.15) is 0 Å². The van der Waals surface area contributed by atoms with Crippen molar-refractivity contribution >= 4 is 11.6 Å². The first-order valence-electron chi connectivity index (χ1n) is 7.50. The third-order valence-corrected chi connectivity index (χ3v) is 4.43. The monoisotopic (exact) mass is 303 g/mol. The Morgan fingerprint density at radius 3 is 2.29 bits per heavy atom. The third-order valence-electron chi connectivity index (χ3n) is 4.20. The van der Waals surface area contributed by atoms with E-state index in [-0.39, 0.29) is 0 Å². The highest BCUT2D eigenvalue weighted by atomic mass is 35.5. The molecule has 0 radical (unpaired) electrons. The maximum absolute atomic E-state index is 6.05. The summed E-state index contributed by atoms with van der Waals surface area (Å²) in [5.74, 6) is 0. The average Bonchev–Trinajstić information content (AvgIpc) is 2.87. The van der Waals surface area contributed by atoms with Crippen LogP contribution in [0.3, 0.4) is 0 Å². The van der Waals surface area contributed by atoms with Crippen LogP contribution in [0.25, 0.3) is 0 Å². The van der Waals surface area contributed by atoms with E-state index in [9.17, 15) is 0 Å². The van der Waals surface area contributed by atoms with E-state index in [0.717, 1.165) is 44.3 Å². The van der Waals surface area contributed by atoms with Gasteiger partial charge in [-0.1, -0.05) is 23.7 Å². The number of rotatable bonds is 4. The van der Waals surface area contributed by atoms with Crippen molar-refractivity contribution in [3.63, 3.8) is 0 Å². The fourth-order valence-corrected chi connectivity index (χ4v) is 3.10. The molecule has 0 amide bonds. The van der Waals surface area contributed by atoms with Crippen LogP contribution in [0.5, 0.6) is 0 Å². The Bertz CT molecular complexity index is 585. The van der Waals surface area contributed by atoms with Crippen LogP contribution < -0.4 is 0 Å². The van der Waals surface area contributed by atoms with Gasteiger partial charge < -0.3 is 4.57 Å². The van der Waals surface area contributed by atoms with Gasteiger partial charge in [-0.05, 0) is 29.8 Å². The number of piperazine rings is 1. The zero-order chi connectivity index (χ0) is 14.7. The number of aryl methyl sites for hydroxylation is 1. The topological polar surface area (TPSA) is 11.4 Å². The molecule has 3 rings (SSSR count). The number of nitrogens with zero attached hydrogens (tertiary/aromatic N) is 3. The van der Waals surface area contributed by atoms with Gasteiger partial charge in [0, 0.05) is 63.2 Å². The first-order valence-corrected chi connectivity index (χ1v) is 7.88. The lowest BCUT2D eigenvalue weighted by Crippen LogP contribution is -2.45. The molecule has 0 unspecified atom stereocenters. The lowest BCUT2D eigenvalue weighted by atomic mass is 10.2. The molecule has 0 aliphatic carbocycles. The molecule has 1 aromatic heterocycles. The molecule has 3 nitrogen and oxygen atoms in total. The molecule has 0 bridgehead atoms. The zero-order valence-corrected chi connectivity index (χ0v) is 13.3. The Labute approximate surface area is 131 Å². The van der Waals surface area contributed by atoms with E-state index in [1.165, 1.54) is 11.3 Å². The fourth-order valence-electron chi connectivity index (χ4n) is 2.89. The van der Waals surface area contributed by atoms with E-state index in [1.807, 2.05) is 12.1 Å². The molecule has 2 heterocycles. The van der Waals surface area contributed by atoms with Gasteiger partial charge in [-0.15, -0.1) is 0 Å². The van der Waals surface area contributed by atoms with Crippen LogP contribution in [0.4, 0.5) is 0 Å². The average molecular weight is 304 g/mol. The van der Waals surface area contributed by atoms with E-state index in [2.05, 4.69) is 51.9 Å². The smallest absolute Gasteiger partial charge is 0.0409 e. The molecule has 1 fully saturated rings. The summed E-state index contributed by atoms with van der Waals surface area (Å²) in [4.78, 5) is 5.04. The maximum atomic E-state index is 6.05. The molecular weight excluding hydrogens is 282 g/mol. The highest BCUT2D eigenvalue weighted by Gasteiger charge is 2.17. The molecular formula is C17H22ClN3. The summed E-state index contributed by atoms with van der Waals surface area (Å²) in [6.07, 6.45) is 2.12. The second kappa shape index (κ2) is 6.65. The SMILES string of the molecule is Cn1cccc1CN1CCN(Cc2cccc(Cl)c2)CC1. The number of halogens is 1. The van der Waals surface area contributed by atoms with E-state index in [0.29, 0.717) is 0 Å². The van der Waals surface area contributed by atoms with Crippen LogP contribution in [0.2, 0.25) is 5.02 Å². The van der Waals surface area contributed by atoms with Gasteiger partial charge >= 0.3 is 0 Å². The molecule has 1 aliphatic heterocycles. The standard InChI is InChI=1S/C17H22ClN3/c1-19-7-3-6-17(19)14-21-10-8-20(9-11-21)13-15-4-2-5-16(18)12-15/h2-7,12H,8-11,13-14H2,1H3. The molecule has 112 valence electrons. The van der Waals surface area contributed by atoms with Crippen molar-refractivity contribution in [3.8, 4) is 0 Å². The predicted octanol–water partition coefficient (Wildman–Crippen LogP) is 3.00. The summed E-state index contributed by atoms with van der Waals surface area (Å²) in [7, 11) is 2.12. The fraction of sp³-hybridized carbons (Fsp3) is 0.412. The molecule has 0 N–H and O–H groups in total. The van der Waals surface area contributed by atoms with Crippen molar-refractivity contribution in [3.05, 3.63) is 58.9 Å². The van der Waals surface area contributed by atoms with Gasteiger partial charge in [0.15, 0.2) is 0 Å². The third kappa shape index (κ3) is 3.88. The number of aromatic nitrogens is 1. The highest BCUT2D eigenvalue weighted by Crippen LogP contribution is 2.15. The summed E-state index contributed by atoms with van der Waals surface area (Å²) in [5.41, 5.74) is 2.69. The maximum Gasteiger partial charge on any atom is 0.0409 e. The van der Waals surface area contributed by atoms with Crippen molar-refractivity contribution < 1.29 is 0 Å². The molecule has 0 atom stereocenters. The Hall–Kier alpha value is -1.29. The number of hydrogen-bond donors (Lipinski definition) is 0. The Balaban J connectivity index is 1.50.